The number of thioether (sulfide) groups is 1. The van der Waals surface area contributed by atoms with E-state index in [4.69, 9.17) is 16.6 Å². The van der Waals surface area contributed by atoms with Gasteiger partial charge in [-0.15, -0.1) is 0 Å². The lowest BCUT2D eigenvalue weighted by atomic mass is 10.2. The largest absolute Gasteiger partial charge is 0.463 e. The average Bonchev–Trinajstić information content (AvgIpc) is 2.96. The predicted molar refractivity (Wildman–Crippen MR) is 84.4 cm³/mol. The van der Waals surface area contributed by atoms with Gasteiger partial charge >= 0.3 is 0 Å². The Balaban J connectivity index is 1.83. The number of furan rings is 1. The fraction of sp³-hybridized carbons (Fsp3) is 0.143. The summed E-state index contributed by atoms with van der Waals surface area (Å²) in [5, 5.41) is 5.90. The molecule has 1 aromatic carbocycles. The number of hydrazone groups is 1. The van der Waals surface area contributed by atoms with Crippen molar-refractivity contribution in [3.05, 3.63) is 60.1 Å². The Labute approximate surface area is 122 Å². The molecule has 0 atom stereocenters. The zero-order chi connectivity index (χ0) is 13.5. The van der Waals surface area contributed by atoms with Gasteiger partial charge in [0.2, 0.25) is 0 Å². The van der Waals surface area contributed by atoms with Gasteiger partial charge in [-0.05, 0) is 17.7 Å². The third-order valence-electron chi connectivity index (χ3n) is 2.37. The Kier molecular flexibility index (Phi) is 5.18. The Bertz CT molecular complexity index is 538. The Hall–Kier alpha value is -1.59. The Morgan fingerprint density at radius 1 is 1.32 bits per heavy atom. The molecule has 0 radical (unpaired) electrons. The molecule has 0 fully saturated rings. The van der Waals surface area contributed by atoms with Crippen LogP contribution in [0.15, 0.2) is 58.2 Å². The molecule has 0 aliphatic heterocycles. The second-order valence-corrected chi connectivity index (χ2v) is 5.43. The molecular formula is C14H14N2OS2. The Morgan fingerprint density at radius 2 is 2.11 bits per heavy atom. The lowest BCUT2D eigenvalue weighted by molar-refractivity contribution is 0.544. The molecule has 0 N–H and O–H groups in total. The molecule has 2 aromatic rings. The first-order valence-corrected chi connectivity index (χ1v) is 7.17. The molecule has 0 unspecified atom stereocenters. The van der Waals surface area contributed by atoms with Crippen molar-refractivity contribution in [2.24, 2.45) is 5.10 Å². The van der Waals surface area contributed by atoms with Gasteiger partial charge in [0.25, 0.3) is 0 Å². The Morgan fingerprint density at radius 3 is 2.79 bits per heavy atom. The smallest absolute Gasteiger partial charge is 0.156 e. The molecule has 1 aromatic heterocycles. The highest BCUT2D eigenvalue weighted by Crippen LogP contribution is 2.15. The lowest BCUT2D eigenvalue weighted by Gasteiger charge is -2.12. The summed E-state index contributed by atoms with van der Waals surface area (Å²) in [5.41, 5.74) is 1.25. The van der Waals surface area contributed by atoms with Gasteiger partial charge < -0.3 is 4.42 Å². The van der Waals surface area contributed by atoms with Crippen LogP contribution in [-0.4, -0.2) is 22.6 Å². The number of rotatable bonds is 4. The maximum Gasteiger partial charge on any atom is 0.156 e. The highest BCUT2D eigenvalue weighted by Gasteiger charge is 2.03. The molecule has 0 aliphatic rings. The summed E-state index contributed by atoms with van der Waals surface area (Å²) in [7, 11) is 1.83. The van der Waals surface area contributed by atoms with Crippen LogP contribution in [0.3, 0.4) is 0 Å². The topological polar surface area (TPSA) is 28.7 Å². The summed E-state index contributed by atoms with van der Waals surface area (Å²) in [6.45, 7) is 0. The van der Waals surface area contributed by atoms with Crippen LogP contribution in [0.2, 0.25) is 0 Å². The maximum atomic E-state index is 5.32. The van der Waals surface area contributed by atoms with Gasteiger partial charge in [-0.1, -0.05) is 54.3 Å². The minimum atomic E-state index is 0.711. The molecular weight excluding hydrogens is 276 g/mol. The zero-order valence-electron chi connectivity index (χ0n) is 10.5. The zero-order valence-corrected chi connectivity index (χ0v) is 12.2. The quantitative estimate of drug-likeness (QED) is 0.487. The third kappa shape index (κ3) is 4.54. The maximum absolute atomic E-state index is 5.32. The van der Waals surface area contributed by atoms with Crippen LogP contribution in [0.5, 0.6) is 0 Å². The van der Waals surface area contributed by atoms with E-state index in [0.29, 0.717) is 5.76 Å². The molecule has 19 heavy (non-hydrogen) atoms. The summed E-state index contributed by atoms with van der Waals surface area (Å²) in [6, 6.07) is 13.9. The van der Waals surface area contributed by atoms with Crippen LogP contribution in [0.4, 0.5) is 0 Å². The van der Waals surface area contributed by atoms with Gasteiger partial charge in [0.15, 0.2) is 4.32 Å². The number of benzene rings is 1. The van der Waals surface area contributed by atoms with E-state index in [1.807, 2.05) is 37.4 Å². The fourth-order valence-corrected chi connectivity index (χ4v) is 2.31. The molecule has 1 heterocycles. The summed E-state index contributed by atoms with van der Waals surface area (Å²) >= 11 is 6.90. The highest BCUT2D eigenvalue weighted by atomic mass is 32.2. The first-order valence-electron chi connectivity index (χ1n) is 5.77. The third-order valence-corrected chi connectivity index (χ3v) is 3.98. The van der Waals surface area contributed by atoms with Gasteiger partial charge in [-0.2, -0.15) is 5.10 Å². The van der Waals surface area contributed by atoms with Crippen molar-refractivity contribution in [2.75, 3.05) is 7.05 Å². The second kappa shape index (κ2) is 7.11. The van der Waals surface area contributed by atoms with E-state index in [0.717, 1.165) is 10.1 Å². The van der Waals surface area contributed by atoms with Crippen molar-refractivity contribution < 1.29 is 4.42 Å². The minimum Gasteiger partial charge on any atom is -0.463 e. The van der Waals surface area contributed by atoms with Crippen LogP contribution in [0.25, 0.3) is 0 Å². The first-order chi connectivity index (χ1) is 9.25. The molecule has 0 spiro atoms. The summed E-state index contributed by atoms with van der Waals surface area (Å²) < 4.78 is 5.90. The van der Waals surface area contributed by atoms with Crippen molar-refractivity contribution in [3.63, 3.8) is 0 Å². The molecule has 0 saturated heterocycles. The summed E-state index contributed by atoms with van der Waals surface area (Å²) in [5.74, 6) is 1.56. The fourth-order valence-electron chi connectivity index (χ4n) is 1.37. The molecule has 0 saturated carbocycles. The molecule has 2 rings (SSSR count). The average molecular weight is 290 g/mol. The lowest BCUT2D eigenvalue weighted by Crippen LogP contribution is -2.16. The van der Waals surface area contributed by atoms with Crippen LogP contribution in [-0.2, 0) is 5.75 Å². The second-order valence-electron chi connectivity index (χ2n) is 3.82. The van der Waals surface area contributed by atoms with E-state index in [1.165, 1.54) is 5.56 Å². The van der Waals surface area contributed by atoms with E-state index in [1.54, 1.807) is 29.2 Å². The SMILES string of the molecule is CN(/N=C/c1ccco1)C(=S)SCc1ccccc1. The number of thiocarbonyl (C=S) groups is 1. The van der Waals surface area contributed by atoms with Crippen LogP contribution >= 0.6 is 24.0 Å². The summed E-state index contributed by atoms with van der Waals surface area (Å²) in [6.07, 6.45) is 3.26. The highest BCUT2D eigenvalue weighted by molar-refractivity contribution is 8.22. The van der Waals surface area contributed by atoms with Gasteiger partial charge in [-0.25, -0.2) is 0 Å². The molecule has 3 nitrogen and oxygen atoms in total. The van der Waals surface area contributed by atoms with Crippen molar-refractivity contribution in [1.82, 2.24) is 5.01 Å². The van der Waals surface area contributed by atoms with Crippen molar-refractivity contribution in [1.29, 1.82) is 0 Å². The van der Waals surface area contributed by atoms with Crippen LogP contribution in [0, 0.1) is 0 Å². The standard InChI is InChI=1S/C14H14N2OS2/c1-16(15-10-13-8-5-9-17-13)14(18)19-11-12-6-3-2-4-7-12/h2-10H,11H2,1H3/b15-10+. The van der Waals surface area contributed by atoms with Gasteiger partial charge in [0.1, 0.15) is 5.76 Å². The minimum absolute atomic E-state index is 0.711. The van der Waals surface area contributed by atoms with E-state index in [2.05, 4.69) is 17.2 Å². The normalized spacial score (nSPS) is 10.8. The van der Waals surface area contributed by atoms with Crippen molar-refractivity contribution >= 4 is 34.5 Å². The van der Waals surface area contributed by atoms with E-state index in [-0.39, 0.29) is 0 Å². The van der Waals surface area contributed by atoms with Gasteiger partial charge in [0, 0.05) is 12.8 Å². The number of hydrogen-bond donors (Lipinski definition) is 0. The number of nitrogens with zero attached hydrogens (tertiary/aromatic N) is 2. The van der Waals surface area contributed by atoms with Crippen molar-refractivity contribution in [2.45, 2.75) is 5.75 Å². The monoisotopic (exact) mass is 290 g/mol. The van der Waals surface area contributed by atoms with Gasteiger partial charge in [-0.3, -0.25) is 5.01 Å². The van der Waals surface area contributed by atoms with Crippen molar-refractivity contribution in [3.8, 4) is 0 Å². The van der Waals surface area contributed by atoms with E-state index < -0.39 is 0 Å². The van der Waals surface area contributed by atoms with Crippen LogP contribution in [0.1, 0.15) is 11.3 Å². The summed E-state index contributed by atoms with van der Waals surface area (Å²) in [4.78, 5) is 0. The van der Waals surface area contributed by atoms with E-state index in [9.17, 15) is 0 Å². The van der Waals surface area contributed by atoms with Gasteiger partial charge in [0.05, 0.1) is 12.5 Å². The molecule has 0 aliphatic carbocycles. The first kappa shape index (κ1) is 13.8. The molecule has 0 amide bonds. The molecule has 5 heteroatoms. The molecule has 98 valence electrons. The van der Waals surface area contributed by atoms with E-state index >= 15 is 0 Å². The molecule has 0 bridgehead atoms. The number of hydrogen-bond acceptors (Lipinski definition) is 4. The van der Waals surface area contributed by atoms with Crippen LogP contribution < -0.4 is 0 Å². The predicted octanol–water partition coefficient (Wildman–Crippen LogP) is 3.76.